The fourth-order valence-electron chi connectivity index (χ4n) is 1.26. The van der Waals surface area contributed by atoms with E-state index in [0.29, 0.717) is 0 Å². The smallest absolute Gasteiger partial charge is 0.223 e. The maximum atomic E-state index is 10.9. The zero-order valence-corrected chi connectivity index (χ0v) is 5.97. The van der Waals surface area contributed by atoms with E-state index >= 15 is 0 Å². The van der Waals surface area contributed by atoms with Crippen molar-refractivity contribution in [1.82, 2.24) is 5.32 Å². The van der Waals surface area contributed by atoms with Gasteiger partial charge >= 0.3 is 0 Å². The summed E-state index contributed by atoms with van der Waals surface area (Å²) in [5, 5.41) is 11.2. The Kier molecular flexibility index (Phi) is 2.68. The highest BCUT2D eigenvalue weighted by Crippen LogP contribution is 2.14. The van der Waals surface area contributed by atoms with E-state index in [4.69, 9.17) is 5.11 Å². The van der Waals surface area contributed by atoms with Crippen molar-refractivity contribution in [3.05, 3.63) is 0 Å². The van der Waals surface area contributed by atoms with Gasteiger partial charge in [0.15, 0.2) is 0 Å². The zero-order valence-electron chi connectivity index (χ0n) is 5.97. The van der Waals surface area contributed by atoms with Gasteiger partial charge in [-0.15, -0.1) is 0 Å². The molecule has 0 spiro atoms. The molecule has 2 N–H and O–H groups in total. The van der Waals surface area contributed by atoms with E-state index in [2.05, 4.69) is 5.32 Å². The second kappa shape index (κ2) is 3.56. The van der Waals surface area contributed by atoms with Crippen LogP contribution in [0.25, 0.3) is 0 Å². The number of carbonyl (C=O) groups is 1. The molecule has 1 fully saturated rings. The highest BCUT2D eigenvalue weighted by molar-refractivity contribution is 5.80. The molecule has 1 atom stereocenters. The van der Waals surface area contributed by atoms with E-state index in [1.807, 2.05) is 0 Å². The van der Waals surface area contributed by atoms with Crippen molar-refractivity contribution >= 4 is 5.91 Å². The van der Waals surface area contributed by atoms with Gasteiger partial charge < -0.3 is 10.4 Å². The first-order valence-electron chi connectivity index (χ1n) is 3.73. The summed E-state index contributed by atoms with van der Waals surface area (Å²) in [4.78, 5) is 10.9. The number of aliphatic hydroxyl groups is 1. The third kappa shape index (κ3) is 1.70. The van der Waals surface area contributed by atoms with Crippen molar-refractivity contribution in [3.63, 3.8) is 0 Å². The molecule has 0 aromatic carbocycles. The van der Waals surface area contributed by atoms with Crippen molar-refractivity contribution in [2.45, 2.75) is 19.3 Å². The van der Waals surface area contributed by atoms with Gasteiger partial charge in [-0.05, 0) is 19.3 Å². The highest BCUT2D eigenvalue weighted by Gasteiger charge is 2.22. The summed E-state index contributed by atoms with van der Waals surface area (Å²) in [6.45, 7) is 1.01. The Morgan fingerprint density at radius 2 is 2.50 bits per heavy atom. The molecule has 0 radical (unpaired) electrons. The molecule has 58 valence electrons. The van der Waals surface area contributed by atoms with Crippen LogP contribution in [0.5, 0.6) is 0 Å². The maximum Gasteiger partial charge on any atom is 0.223 e. The lowest BCUT2D eigenvalue weighted by Crippen LogP contribution is -2.19. The van der Waals surface area contributed by atoms with E-state index in [1.165, 1.54) is 0 Å². The maximum absolute atomic E-state index is 10.9. The van der Waals surface area contributed by atoms with Gasteiger partial charge in [0.2, 0.25) is 5.91 Å². The quantitative estimate of drug-likeness (QED) is 0.579. The average Bonchev–Trinajstić information content (AvgIpc) is 2.31. The Bertz CT molecular complexity index is 125. The van der Waals surface area contributed by atoms with Gasteiger partial charge in [-0.2, -0.15) is 0 Å². The van der Waals surface area contributed by atoms with Crippen LogP contribution in [0, 0.1) is 5.92 Å². The molecule has 0 aromatic heterocycles. The SMILES string of the molecule is O=C1NCC[C@@H]1CCCO. The van der Waals surface area contributed by atoms with Crippen LogP contribution in [0.15, 0.2) is 0 Å². The second-order valence-corrected chi connectivity index (χ2v) is 2.64. The fourth-order valence-corrected chi connectivity index (χ4v) is 1.26. The summed E-state index contributed by atoms with van der Waals surface area (Å²) in [7, 11) is 0. The first kappa shape index (κ1) is 7.54. The standard InChI is InChI=1S/C7H13NO2/c9-5-1-2-6-3-4-8-7(6)10/h6,9H,1-5H2,(H,8,10)/t6-/m0/s1. The van der Waals surface area contributed by atoms with E-state index in [0.717, 1.165) is 25.8 Å². The van der Waals surface area contributed by atoms with Gasteiger partial charge in [-0.25, -0.2) is 0 Å². The summed E-state index contributed by atoms with van der Waals surface area (Å²) in [6.07, 6.45) is 2.53. The number of aliphatic hydroxyl groups excluding tert-OH is 1. The van der Waals surface area contributed by atoms with Crippen LogP contribution in [-0.4, -0.2) is 24.2 Å². The van der Waals surface area contributed by atoms with Crippen LogP contribution >= 0.6 is 0 Å². The van der Waals surface area contributed by atoms with Crippen molar-refractivity contribution in [3.8, 4) is 0 Å². The number of hydrogen-bond acceptors (Lipinski definition) is 2. The Balaban J connectivity index is 2.20. The predicted octanol–water partition coefficient (Wildman–Crippen LogP) is -0.105. The number of carbonyl (C=O) groups excluding carboxylic acids is 1. The van der Waals surface area contributed by atoms with E-state index in [1.54, 1.807) is 0 Å². The van der Waals surface area contributed by atoms with Crippen molar-refractivity contribution in [2.75, 3.05) is 13.2 Å². The number of nitrogens with one attached hydrogen (secondary N) is 1. The molecule has 0 saturated carbocycles. The van der Waals surface area contributed by atoms with Crippen LogP contribution in [0.2, 0.25) is 0 Å². The molecule has 1 aliphatic heterocycles. The third-order valence-electron chi connectivity index (χ3n) is 1.87. The molecule has 3 heteroatoms. The molecular weight excluding hydrogens is 130 g/mol. The summed E-state index contributed by atoms with van der Waals surface area (Å²) in [5.74, 6) is 0.334. The predicted molar refractivity (Wildman–Crippen MR) is 37.4 cm³/mol. The zero-order chi connectivity index (χ0) is 7.40. The van der Waals surface area contributed by atoms with Gasteiger partial charge in [-0.1, -0.05) is 0 Å². The molecule has 10 heavy (non-hydrogen) atoms. The van der Waals surface area contributed by atoms with Gasteiger partial charge in [0.05, 0.1) is 0 Å². The Morgan fingerprint density at radius 1 is 1.70 bits per heavy atom. The molecule has 1 aliphatic rings. The second-order valence-electron chi connectivity index (χ2n) is 2.64. The number of hydrogen-bond donors (Lipinski definition) is 2. The first-order chi connectivity index (χ1) is 4.84. The first-order valence-corrected chi connectivity index (χ1v) is 3.73. The van der Waals surface area contributed by atoms with Gasteiger partial charge in [-0.3, -0.25) is 4.79 Å². The van der Waals surface area contributed by atoms with Gasteiger partial charge in [0, 0.05) is 19.1 Å². The van der Waals surface area contributed by atoms with Crippen LogP contribution < -0.4 is 5.32 Å². The minimum absolute atomic E-state index is 0.161. The normalized spacial score (nSPS) is 24.9. The summed E-state index contributed by atoms with van der Waals surface area (Å²) >= 11 is 0. The van der Waals surface area contributed by atoms with E-state index < -0.39 is 0 Å². The van der Waals surface area contributed by atoms with Crippen LogP contribution in [0.3, 0.4) is 0 Å². The molecule has 1 saturated heterocycles. The van der Waals surface area contributed by atoms with Crippen LogP contribution in [0.4, 0.5) is 0 Å². The number of amides is 1. The third-order valence-corrected chi connectivity index (χ3v) is 1.87. The number of rotatable bonds is 3. The molecule has 1 heterocycles. The Labute approximate surface area is 60.4 Å². The average molecular weight is 143 g/mol. The molecule has 0 bridgehead atoms. The monoisotopic (exact) mass is 143 g/mol. The Morgan fingerprint density at radius 3 is 3.00 bits per heavy atom. The lowest BCUT2D eigenvalue weighted by Gasteiger charge is -2.02. The topological polar surface area (TPSA) is 49.3 Å². The highest BCUT2D eigenvalue weighted by atomic mass is 16.3. The van der Waals surface area contributed by atoms with Crippen LogP contribution in [-0.2, 0) is 4.79 Å². The van der Waals surface area contributed by atoms with E-state index in [9.17, 15) is 4.79 Å². The largest absolute Gasteiger partial charge is 0.396 e. The van der Waals surface area contributed by atoms with Crippen molar-refractivity contribution in [1.29, 1.82) is 0 Å². The molecule has 1 rings (SSSR count). The van der Waals surface area contributed by atoms with E-state index in [-0.39, 0.29) is 18.4 Å². The fraction of sp³-hybridized carbons (Fsp3) is 0.857. The molecule has 3 nitrogen and oxygen atoms in total. The van der Waals surface area contributed by atoms with Gasteiger partial charge in [0.1, 0.15) is 0 Å². The minimum Gasteiger partial charge on any atom is -0.396 e. The lowest BCUT2D eigenvalue weighted by molar-refractivity contribution is -0.122. The molecule has 0 aromatic rings. The van der Waals surface area contributed by atoms with Gasteiger partial charge in [0.25, 0.3) is 0 Å². The molecule has 0 aliphatic carbocycles. The minimum atomic E-state index is 0.161. The van der Waals surface area contributed by atoms with Crippen molar-refractivity contribution < 1.29 is 9.90 Å². The Hall–Kier alpha value is -0.570. The van der Waals surface area contributed by atoms with Crippen molar-refractivity contribution in [2.24, 2.45) is 5.92 Å². The molecule has 0 unspecified atom stereocenters. The van der Waals surface area contributed by atoms with Crippen LogP contribution in [0.1, 0.15) is 19.3 Å². The molecule has 1 amide bonds. The molecular formula is C7H13NO2. The summed E-state index contributed by atoms with van der Waals surface area (Å²) in [5.41, 5.74) is 0. The summed E-state index contributed by atoms with van der Waals surface area (Å²) < 4.78 is 0. The summed E-state index contributed by atoms with van der Waals surface area (Å²) in [6, 6.07) is 0. The lowest BCUT2D eigenvalue weighted by atomic mass is 10.0.